The van der Waals surface area contributed by atoms with Gasteiger partial charge in [0.25, 0.3) is 0 Å². The van der Waals surface area contributed by atoms with Gasteiger partial charge in [0.2, 0.25) is 0 Å². The van der Waals surface area contributed by atoms with Crippen LogP contribution in [-0.2, 0) is 0 Å². The van der Waals surface area contributed by atoms with Crippen LogP contribution in [0.15, 0.2) is 115 Å². The average Bonchev–Trinajstić information content (AvgIpc) is 2.88. The fraction of sp³-hybridized carbons (Fsp3) is 0.0857. The zero-order valence-corrected chi connectivity index (χ0v) is 20.5. The zero-order valence-electron chi connectivity index (χ0n) is 20.5. The number of hydrogen-bond donors (Lipinski definition) is 0. The van der Waals surface area contributed by atoms with Crippen molar-refractivity contribution in [3.8, 4) is 33.4 Å². The Morgan fingerprint density at radius 3 is 1.20 bits per heavy atom. The van der Waals surface area contributed by atoms with Gasteiger partial charge in [-0.1, -0.05) is 97.1 Å². The highest BCUT2D eigenvalue weighted by Gasteiger charge is 2.14. The summed E-state index contributed by atoms with van der Waals surface area (Å²) >= 11 is 0. The predicted octanol–water partition coefficient (Wildman–Crippen LogP) is 9.92. The Balaban J connectivity index is 1.68. The van der Waals surface area contributed by atoms with Crippen LogP contribution in [0.5, 0.6) is 0 Å². The van der Waals surface area contributed by atoms with Crippen LogP contribution in [0.3, 0.4) is 0 Å². The molecule has 0 unspecified atom stereocenters. The fourth-order valence-electron chi connectivity index (χ4n) is 5.40. The van der Waals surface area contributed by atoms with Gasteiger partial charge in [-0.15, -0.1) is 0 Å². The van der Waals surface area contributed by atoms with Gasteiger partial charge in [0.15, 0.2) is 0 Å². The quantitative estimate of drug-likeness (QED) is 0.236. The molecule has 0 amide bonds. The highest BCUT2D eigenvalue weighted by molar-refractivity contribution is 6.14. The first kappa shape index (κ1) is 21.4. The fourth-order valence-corrected chi connectivity index (χ4v) is 5.40. The van der Waals surface area contributed by atoms with E-state index in [1.54, 1.807) is 0 Å². The Bertz CT molecular complexity index is 1620. The summed E-state index contributed by atoms with van der Waals surface area (Å²) in [5.74, 6) is 0. The third-order valence-electron chi connectivity index (χ3n) is 7.28. The van der Waals surface area contributed by atoms with E-state index in [2.05, 4.69) is 136 Å². The standard InChI is InChI=1S/C35H28/c1-23-10-4-7-13-30(23)26-16-18-33-28(20-26)22-29-21-27(31-14-8-5-11-24(31)2)17-19-34(29)35(33)32-15-9-6-12-25(32)3/h4-22H,1-3H3. The maximum Gasteiger partial charge on any atom is -0.00241 e. The Morgan fingerprint density at radius 1 is 0.371 bits per heavy atom. The molecule has 0 aliphatic heterocycles. The lowest BCUT2D eigenvalue weighted by molar-refractivity contribution is 1.46. The first-order chi connectivity index (χ1) is 17.1. The van der Waals surface area contributed by atoms with Crippen LogP contribution in [0.2, 0.25) is 0 Å². The van der Waals surface area contributed by atoms with E-state index >= 15 is 0 Å². The van der Waals surface area contributed by atoms with Crippen LogP contribution in [0.1, 0.15) is 16.7 Å². The summed E-state index contributed by atoms with van der Waals surface area (Å²) in [6.07, 6.45) is 0. The molecule has 0 radical (unpaired) electrons. The van der Waals surface area contributed by atoms with Gasteiger partial charge < -0.3 is 0 Å². The Labute approximate surface area is 207 Å². The minimum absolute atomic E-state index is 1.26. The molecular formula is C35H28. The maximum atomic E-state index is 2.37. The first-order valence-corrected chi connectivity index (χ1v) is 12.3. The number of rotatable bonds is 3. The van der Waals surface area contributed by atoms with Gasteiger partial charge in [0.05, 0.1) is 0 Å². The van der Waals surface area contributed by atoms with Crippen LogP contribution in [0, 0.1) is 20.8 Å². The minimum Gasteiger partial charge on any atom is -0.0620 e. The Kier molecular flexibility index (Phi) is 5.23. The van der Waals surface area contributed by atoms with E-state index in [-0.39, 0.29) is 0 Å². The predicted molar refractivity (Wildman–Crippen MR) is 152 cm³/mol. The Morgan fingerprint density at radius 2 is 0.771 bits per heavy atom. The molecule has 0 saturated heterocycles. The van der Waals surface area contributed by atoms with E-state index in [9.17, 15) is 0 Å². The second-order valence-electron chi connectivity index (χ2n) is 9.57. The van der Waals surface area contributed by atoms with Gasteiger partial charge in [0.1, 0.15) is 0 Å². The van der Waals surface area contributed by atoms with Gasteiger partial charge in [-0.05, 0) is 111 Å². The van der Waals surface area contributed by atoms with Gasteiger partial charge >= 0.3 is 0 Å². The van der Waals surface area contributed by atoms with E-state index < -0.39 is 0 Å². The van der Waals surface area contributed by atoms with Crippen LogP contribution >= 0.6 is 0 Å². The molecule has 0 aliphatic carbocycles. The molecule has 0 heterocycles. The SMILES string of the molecule is Cc1ccccc1-c1ccc2c(-c3ccccc3C)c3ccc(-c4ccccc4C)cc3cc2c1. The lowest BCUT2D eigenvalue weighted by Crippen LogP contribution is -1.91. The summed E-state index contributed by atoms with van der Waals surface area (Å²) in [6.45, 7) is 6.59. The first-order valence-electron chi connectivity index (χ1n) is 12.3. The van der Waals surface area contributed by atoms with Crippen molar-refractivity contribution >= 4 is 21.5 Å². The molecule has 6 aromatic carbocycles. The van der Waals surface area contributed by atoms with Crippen molar-refractivity contribution in [2.24, 2.45) is 0 Å². The number of aryl methyl sites for hydroxylation is 3. The molecule has 0 aliphatic rings. The monoisotopic (exact) mass is 448 g/mol. The van der Waals surface area contributed by atoms with Crippen LogP contribution in [0.25, 0.3) is 54.9 Å². The van der Waals surface area contributed by atoms with Crippen LogP contribution < -0.4 is 0 Å². The highest BCUT2D eigenvalue weighted by atomic mass is 14.2. The lowest BCUT2D eigenvalue weighted by atomic mass is 9.87. The van der Waals surface area contributed by atoms with E-state index in [1.165, 1.54) is 71.6 Å². The van der Waals surface area contributed by atoms with Gasteiger partial charge in [-0.3, -0.25) is 0 Å². The van der Waals surface area contributed by atoms with Gasteiger partial charge in [-0.2, -0.15) is 0 Å². The molecule has 0 heteroatoms. The number of benzene rings is 6. The third kappa shape index (κ3) is 3.72. The van der Waals surface area contributed by atoms with Crippen molar-refractivity contribution in [2.45, 2.75) is 20.8 Å². The van der Waals surface area contributed by atoms with Crippen molar-refractivity contribution in [3.05, 3.63) is 132 Å². The number of fused-ring (bicyclic) bond motifs is 2. The molecule has 0 N–H and O–H groups in total. The summed E-state index contributed by atoms with van der Waals surface area (Å²) in [5, 5.41) is 5.15. The topological polar surface area (TPSA) is 0 Å². The molecule has 0 fully saturated rings. The summed E-state index contributed by atoms with van der Waals surface area (Å²) in [7, 11) is 0. The largest absolute Gasteiger partial charge is 0.0620 e. The molecule has 0 bridgehead atoms. The highest BCUT2D eigenvalue weighted by Crippen LogP contribution is 2.41. The van der Waals surface area contributed by atoms with E-state index in [4.69, 9.17) is 0 Å². The van der Waals surface area contributed by atoms with Crippen LogP contribution in [-0.4, -0.2) is 0 Å². The third-order valence-corrected chi connectivity index (χ3v) is 7.28. The lowest BCUT2D eigenvalue weighted by Gasteiger charge is -2.17. The molecule has 0 atom stereocenters. The molecule has 6 aromatic rings. The van der Waals surface area contributed by atoms with Crippen molar-refractivity contribution in [2.75, 3.05) is 0 Å². The molecule has 35 heavy (non-hydrogen) atoms. The van der Waals surface area contributed by atoms with Crippen molar-refractivity contribution in [3.63, 3.8) is 0 Å². The molecular weight excluding hydrogens is 420 g/mol. The summed E-state index contributed by atoms with van der Waals surface area (Å²) < 4.78 is 0. The normalized spacial score (nSPS) is 11.3. The summed E-state index contributed by atoms with van der Waals surface area (Å²) in [4.78, 5) is 0. The number of hydrogen-bond acceptors (Lipinski definition) is 0. The molecule has 0 spiro atoms. The molecule has 0 saturated carbocycles. The summed E-state index contributed by atoms with van der Waals surface area (Å²) in [5.41, 5.74) is 11.6. The van der Waals surface area contributed by atoms with Gasteiger partial charge in [-0.25, -0.2) is 0 Å². The van der Waals surface area contributed by atoms with Gasteiger partial charge in [0, 0.05) is 0 Å². The second-order valence-corrected chi connectivity index (χ2v) is 9.57. The molecule has 0 aromatic heterocycles. The van der Waals surface area contributed by atoms with E-state index in [0.717, 1.165) is 0 Å². The maximum absolute atomic E-state index is 2.37. The molecule has 168 valence electrons. The Hall–Kier alpha value is -4.16. The molecule has 6 rings (SSSR count). The summed E-state index contributed by atoms with van der Waals surface area (Å²) in [6, 6.07) is 42.3. The van der Waals surface area contributed by atoms with Crippen molar-refractivity contribution < 1.29 is 0 Å². The van der Waals surface area contributed by atoms with Crippen molar-refractivity contribution in [1.82, 2.24) is 0 Å². The van der Waals surface area contributed by atoms with E-state index in [1.807, 2.05) is 0 Å². The van der Waals surface area contributed by atoms with Crippen LogP contribution in [0.4, 0.5) is 0 Å². The minimum atomic E-state index is 1.26. The second kappa shape index (κ2) is 8.56. The smallest absolute Gasteiger partial charge is 0.00241 e. The zero-order chi connectivity index (χ0) is 23.9. The van der Waals surface area contributed by atoms with E-state index in [0.29, 0.717) is 0 Å². The van der Waals surface area contributed by atoms with Crippen molar-refractivity contribution in [1.29, 1.82) is 0 Å². The molecule has 0 nitrogen and oxygen atoms in total. The average molecular weight is 449 g/mol.